The molecule has 0 rings (SSSR count). The fraction of sp³-hybridized carbons (Fsp3) is 0.824. The van der Waals surface area contributed by atoms with Crippen molar-refractivity contribution >= 4 is 17.8 Å². The van der Waals surface area contributed by atoms with Crippen molar-refractivity contribution in [1.82, 2.24) is 10.6 Å². The number of unbranched alkanes of at least 4 members (excludes halogenated alkanes) is 8. The highest BCUT2D eigenvalue weighted by Gasteiger charge is 2.18. The van der Waals surface area contributed by atoms with E-state index in [2.05, 4.69) is 17.6 Å². The molecule has 1 atom stereocenters. The molecule has 0 saturated heterocycles. The SMILES string of the molecule is CCCCCCCCCCCC(=O)NC(NCCC(=O)O)C(=O)O. The zero-order valence-electron chi connectivity index (χ0n) is 14.7. The number of hydrogen-bond acceptors (Lipinski definition) is 4. The molecule has 7 heteroatoms. The predicted molar refractivity (Wildman–Crippen MR) is 91.7 cm³/mol. The largest absolute Gasteiger partial charge is 0.481 e. The molecule has 7 nitrogen and oxygen atoms in total. The molecule has 4 N–H and O–H groups in total. The van der Waals surface area contributed by atoms with E-state index in [9.17, 15) is 14.4 Å². The van der Waals surface area contributed by atoms with Gasteiger partial charge in [-0.3, -0.25) is 14.9 Å². The van der Waals surface area contributed by atoms with Crippen molar-refractivity contribution < 1.29 is 24.6 Å². The normalized spacial score (nSPS) is 11.9. The maximum atomic E-state index is 11.7. The molecule has 0 spiro atoms. The monoisotopic (exact) mass is 344 g/mol. The Kier molecular flexibility index (Phi) is 13.9. The Morgan fingerprint density at radius 2 is 1.38 bits per heavy atom. The molecule has 0 radical (unpaired) electrons. The first kappa shape index (κ1) is 22.4. The summed E-state index contributed by atoms with van der Waals surface area (Å²) in [5.74, 6) is -2.57. The molecule has 0 aliphatic carbocycles. The summed E-state index contributed by atoms with van der Waals surface area (Å²) in [4.78, 5) is 33.1. The molecule has 0 aromatic heterocycles. The minimum absolute atomic E-state index is 0.00931. The number of rotatable bonds is 16. The molecule has 0 aliphatic rings. The van der Waals surface area contributed by atoms with Gasteiger partial charge in [0.05, 0.1) is 6.42 Å². The first-order valence-corrected chi connectivity index (χ1v) is 8.94. The third kappa shape index (κ3) is 14.0. The van der Waals surface area contributed by atoms with Crippen molar-refractivity contribution in [3.63, 3.8) is 0 Å². The van der Waals surface area contributed by atoms with Crippen LogP contribution in [0.2, 0.25) is 0 Å². The number of carboxylic acid groups (broad SMARTS) is 2. The fourth-order valence-corrected chi connectivity index (χ4v) is 2.35. The second-order valence-electron chi connectivity index (χ2n) is 6.02. The molecule has 0 heterocycles. The Morgan fingerprint density at radius 1 is 0.833 bits per heavy atom. The van der Waals surface area contributed by atoms with E-state index in [-0.39, 0.29) is 18.9 Å². The standard InChI is InChI=1S/C17H32N2O5/c1-2-3-4-5-6-7-8-9-10-11-14(20)19-16(17(23)24)18-13-12-15(21)22/h16,18H,2-13H2,1H3,(H,19,20)(H,21,22)(H,23,24). The summed E-state index contributed by atoms with van der Waals surface area (Å²) in [6, 6.07) is 0. The molecule has 0 aromatic carbocycles. The van der Waals surface area contributed by atoms with Gasteiger partial charge < -0.3 is 15.5 Å². The molecular formula is C17H32N2O5. The van der Waals surface area contributed by atoms with E-state index < -0.39 is 18.1 Å². The molecule has 0 bridgehead atoms. The van der Waals surface area contributed by atoms with E-state index in [0.717, 1.165) is 19.3 Å². The Balaban J connectivity index is 3.70. The van der Waals surface area contributed by atoms with Gasteiger partial charge in [0, 0.05) is 13.0 Å². The van der Waals surface area contributed by atoms with Crippen molar-refractivity contribution in [3.8, 4) is 0 Å². The minimum atomic E-state index is -1.24. The number of hydrogen-bond donors (Lipinski definition) is 4. The van der Waals surface area contributed by atoms with Crippen molar-refractivity contribution in [1.29, 1.82) is 0 Å². The van der Waals surface area contributed by atoms with Crippen LogP contribution in [0, 0.1) is 0 Å². The molecule has 24 heavy (non-hydrogen) atoms. The highest BCUT2D eigenvalue weighted by atomic mass is 16.4. The highest BCUT2D eigenvalue weighted by Crippen LogP contribution is 2.10. The van der Waals surface area contributed by atoms with Gasteiger partial charge in [-0.2, -0.15) is 0 Å². The lowest BCUT2D eigenvalue weighted by molar-refractivity contribution is -0.143. The van der Waals surface area contributed by atoms with Gasteiger partial charge in [-0.15, -0.1) is 0 Å². The van der Waals surface area contributed by atoms with Crippen LogP contribution < -0.4 is 10.6 Å². The van der Waals surface area contributed by atoms with E-state index >= 15 is 0 Å². The average molecular weight is 344 g/mol. The maximum absolute atomic E-state index is 11.7. The fourth-order valence-electron chi connectivity index (χ4n) is 2.35. The topological polar surface area (TPSA) is 116 Å². The van der Waals surface area contributed by atoms with Crippen LogP contribution in [0.5, 0.6) is 0 Å². The number of nitrogens with one attached hydrogen (secondary N) is 2. The molecule has 0 saturated carbocycles. The van der Waals surface area contributed by atoms with Gasteiger partial charge in [-0.05, 0) is 6.42 Å². The van der Waals surface area contributed by atoms with Crippen molar-refractivity contribution in [2.45, 2.75) is 83.7 Å². The van der Waals surface area contributed by atoms with Crippen LogP contribution in [0.1, 0.15) is 77.6 Å². The van der Waals surface area contributed by atoms with Crippen LogP contribution in [0.25, 0.3) is 0 Å². The lowest BCUT2D eigenvalue weighted by Gasteiger charge is -2.15. The van der Waals surface area contributed by atoms with Gasteiger partial charge in [0.2, 0.25) is 5.91 Å². The summed E-state index contributed by atoms with van der Waals surface area (Å²) in [6.07, 6.45) is 9.19. The highest BCUT2D eigenvalue weighted by molar-refractivity contribution is 5.83. The zero-order chi connectivity index (χ0) is 18.2. The number of carboxylic acids is 2. The van der Waals surface area contributed by atoms with Crippen molar-refractivity contribution in [2.75, 3.05) is 6.54 Å². The second kappa shape index (κ2) is 14.9. The van der Waals surface area contributed by atoms with E-state index in [1.807, 2.05) is 0 Å². The number of carbonyl (C=O) groups is 3. The summed E-state index contributed by atoms with van der Waals surface area (Å²) in [6.45, 7) is 2.19. The van der Waals surface area contributed by atoms with E-state index in [0.29, 0.717) is 6.42 Å². The van der Waals surface area contributed by atoms with Gasteiger partial charge >= 0.3 is 11.9 Å². The third-order valence-electron chi connectivity index (χ3n) is 3.75. The lowest BCUT2D eigenvalue weighted by atomic mass is 10.1. The summed E-state index contributed by atoms with van der Waals surface area (Å²) >= 11 is 0. The Hall–Kier alpha value is -1.63. The van der Waals surface area contributed by atoms with Gasteiger partial charge in [-0.1, -0.05) is 58.3 Å². The summed E-state index contributed by atoms with van der Waals surface area (Å²) in [5.41, 5.74) is 0. The number of amides is 1. The van der Waals surface area contributed by atoms with Crippen LogP contribution in [-0.4, -0.2) is 40.8 Å². The molecule has 0 aromatic rings. The van der Waals surface area contributed by atoms with Crippen molar-refractivity contribution in [3.05, 3.63) is 0 Å². The van der Waals surface area contributed by atoms with Crippen LogP contribution in [-0.2, 0) is 14.4 Å². The molecule has 0 fully saturated rings. The third-order valence-corrected chi connectivity index (χ3v) is 3.75. The maximum Gasteiger partial charge on any atom is 0.341 e. The number of aliphatic carboxylic acids is 2. The van der Waals surface area contributed by atoms with Gasteiger partial charge in [0.15, 0.2) is 6.17 Å². The summed E-state index contributed by atoms with van der Waals surface area (Å²) < 4.78 is 0. The first-order chi connectivity index (χ1) is 11.5. The molecule has 0 aliphatic heterocycles. The minimum Gasteiger partial charge on any atom is -0.481 e. The summed E-state index contributed by atoms with van der Waals surface area (Å²) in [7, 11) is 0. The Labute approximate surface area is 144 Å². The molecule has 1 unspecified atom stereocenters. The Morgan fingerprint density at radius 3 is 1.88 bits per heavy atom. The van der Waals surface area contributed by atoms with Gasteiger partial charge in [0.25, 0.3) is 0 Å². The van der Waals surface area contributed by atoms with E-state index in [1.54, 1.807) is 0 Å². The van der Waals surface area contributed by atoms with E-state index in [1.165, 1.54) is 38.5 Å². The summed E-state index contributed by atoms with van der Waals surface area (Å²) in [5, 5.41) is 22.4. The first-order valence-electron chi connectivity index (χ1n) is 8.94. The van der Waals surface area contributed by atoms with Gasteiger partial charge in [0.1, 0.15) is 0 Å². The second-order valence-corrected chi connectivity index (χ2v) is 6.02. The van der Waals surface area contributed by atoms with Crippen molar-refractivity contribution in [2.24, 2.45) is 0 Å². The van der Waals surface area contributed by atoms with E-state index in [4.69, 9.17) is 10.2 Å². The van der Waals surface area contributed by atoms with Crippen LogP contribution in [0.3, 0.4) is 0 Å². The molecule has 1 amide bonds. The lowest BCUT2D eigenvalue weighted by Crippen LogP contribution is -2.51. The zero-order valence-corrected chi connectivity index (χ0v) is 14.7. The van der Waals surface area contributed by atoms with Gasteiger partial charge in [-0.25, -0.2) is 4.79 Å². The quantitative estimate of drug-likeness (QED) is 0.252. The molecule has 140 valence electrons. The smallest absolute Gasteiger partial charge is 0.341 e. The van der Waals surface area contributed by atoms with Crippen LogP contribution in [0.4, 0.5) is 0 Å². The van der Waals surface area contributed by atoms with Crippen LogP contribution in [0.15, 0.2) is 0 Å². The Bertz CT molecular complexity index is 374. The van der Waals surface area contributed by atoms with Crippen LogP contribution >= 0.6 is 0 Å². The predicted octanol–water partition coefficient (Wildman–Crippen LogP) is 2.50. The average Bonchev–Trinajstić information content (AvgIpc) is 2.52. The molecular weight excluding hydrogens is 312 g/mol. The number of carbonyl (C=O) groups excluding carboxylic acids is 1.